The van der Waals surface area contributed by atoms with Crippen molar-refractivity contribution in [1.29, 1.82) is 0 Å². The van der Waals surface area contributed by atoms with Crippen LogP contribution in [0.1, 0.15) is 18.9 Å². The molecular weight excluding hydrogens is 372 g/mol. The van der Waals surface area contributed by atoms with Gasteiger partial charge in [0.1, 0.15) is 0 Å². The highest BCUT2D eigenvalue weighted by atomic mass is 35.5. The summed E-state index contributed by atoms with van der Waals surface area (Å²) in [5.41, 5.74) is 2.37. The molecule has 0 saturated carbocycles. The number of nitrogens with zero attached hydrogens (tertiary/aromatic N) is 1. The van der Waals surface area contributed by atoms with Crippen LogP contribution in [0, 0.1) is 0 Å². The number of nitrogens with one attached hydrogen (secondary N) is 1. The fourth-order valence-electron chi connectivity index (χ4n) is 2.79. The zero-order chi connectivity index (χ0) is 18.7. The molecule has 1 aliphatic rings. The molecule has 26 heavy (non-hydrogen) atoms. The molecule has 0 aromatic heterocycles. The van der Waals surface area contributed by atoms with Crippen LogP contribution in [0.25, 0.3) is 6.08 Å². The molecule has 1 aliphatic heterocycles. The van der Waals surface area contributed by atoms with Gasteiger partial charge < -0.3 is 5.32 Å². The van der Waals surface area contributed by atoms with Crippen molar-refractivity contribution in [3.8, 4) is 0 Å². The fraction of sp³-hybridized carbons (Fsp3) is 0.211. The zero-order valence-corrected chi connectivity index (χ0v) is 15.8. The summed E-state index contributed by atoms with van der Waals surface area (Å²) in [6.07, 6.45) is 2.35. The standard InChI is InChI=1S/C19H19ClN2O3S/c1-14(12-15-6-3-2-4-7-15)19(23)21-16-8-9-17(20)18(13-16)22-10-5-11-26(22,24)25/h2-4,6-9,12-13H,5,10-11H2,1H3,(H,21,23)/b14-12+. The summed E-state index contributed by atoms with van der Waals surface area (Å²) in [6, 6.07) is 14.4. The third kappa shape index (κ3) is 4.08. The number of hydrogen-bond donors (Lipinski definition) is 1. The van der Waals surface area contributed by atoms with Gasteiger partial charge in [-0.15, -0.1) is 0 Å². The van der Waals surface area contributed by atoms with Gasteiger partial charge in [-0.1, -0.05) is 41.9 Å². The second kappa shape index (κ2) is 7.51. The lowest BCUT2D eigenvalue weighted by Gasteiger charge is -2.19. The van der Waals surface area contributed by atoms with Gasteiger partial charge in [-0.05, 0) is 43.2 Å². The monoisotopic (exact) mass is 390 g/mol. The number of hydrogen-bond acceptors (Lipinski definition) is 3. The minimum atomic E-state index is -3.34. The molecule has 0 bridgehead atoms. The van der Waals surface area contributed by atoms with Crippen LogP contribution in [-0.2, 0) is 14.8 Å². The maximum absolute atomic E-state index is 12.4. The molecular formula is C19H19ClN2O3S. The van der Waals surface area contributed by atoms with Crippen molar-refractivity contribution in [1.82, 2.24) is 0 Å². The van der Waals surface area contributed by atoms with E-state index in [2.05, 4.69) is 5.32 Å². The lowest BCUT2D eigenvalue weighted by molar-refractivity contribution is -0.112. The van der Waals surface area contributed by atoms with E-state index in [-0.39, 0.29) is 11.7 Å². The third-order valence-electron chi connectivity index (χ3n) is 4.11. The number of sulfonamides is 1. The SMILES string of the molecule is C/C(=C\c1ccccc1)C(=O)Nc1ccc(Cl)c(N2CCCS2(=O)=O)c1. The molecule has 0 aliphatic carbocycles. The molecule has 2 aromatic rings. The van der Waals surface area contributed by atoms with Crippen molar-refractivity contribution in [3.63, 3.8) is 0 Å². The van der Waals surface area contributed by atoms with Gasteiger partial charge in [-0.25, -0.2) is 8.42 Å². The highest BCUT2D eigenvalue weighted by molar-refractivity contribution is 7.93. The van der Waals surface area contributed by atoms with E-state index < -0.39 is 10.0 Å². The van der Waals surface area contributed by atoms with E-state index in [0.717, 1.165) is 5.56 Å². The Hall–Kier alpha value is -2.31. The van der Waals surface area contributed by atoms with Crippen LogP contribution >= 0.6 is 11.6 Å². The van der Waals surface area contributed by atoms with Gasteiger partial charge in [0.25, 0.3) is 5.91 Å². The summed E-state index contributed by atoms with van der Waals surface area (Å²) in [5, 5.41) is 3.13. The first-order chi connectivity index (χ1) is 12.4. The molecule has 2 aromatic carbocycles. The van der Waals surface area contributed by atoms with E-state index in [1.807, 2.05) is 30.3 Å². The van der Waals surface area contributed by atoms with Crippen LogP contribution in [0.2, 0.25) is 5.02 Å². The van der Waals surface area contributed by atoms with Crippen LogP contribution in [0.3, 0.4) is 0 Å². The van der Waals surface area contributed by atoms with Crippen LogP contribution < -0.4 is 9.62 Å². The molecule has 1 fully saturated rings. The van der Waals surface area contributed by atoms with E-state index in [9.17, 15) is 13.2 Å². The van der Waals surface area contributed by atoms with Crippen molar-refractivity contribution in [3.05, 3.63) is 64.7 Å². The lowest BCUT2D eigenvalue weighted by atomic mass is 10.1. The number of amides is 1. The molecule has 0 unspecified atom stereocenters. The number of benzene rings is 2. The maximum atomic E-state index is 12.4. The summed E-state index contributed by atoms with van der Waals surface area (Å²) in [7, 11) is -3.34. The molecule has 3 rings (SSSR count). The number of halogens is 1. The predicted octanol–water partition coefficient (Wildman–Crippen LogP) is 3.92. The fourth-order valence-corrected chi connectivity index (χ4v) is 4.63. The average Bonchev–Trinajstić information content (AvgIpc) is 2.96. The number of anilines is 2. The van der Waals surface area contributed by atoms with Gasteiger partial charge in [0.2, 0.25) is 10.0 Å². The van der Waals surface area contributed by atoms with Crippen LogP contribution in [0.5, 0.6) is 0 Å². The van der Waals surface area contributed by atoms with Crippen LogP contribution in [0.4, 0.5) is 11.4 Å². The smallest absolute Gasteiger partial charge is 0.251 e. The number of carbonyl (C=O) groups excluding carboxylic acids is 1. The highest BCUT2D eigenvalue weighted by Gasteiger charge is 2.30. The van der Waals surface area contributed by atoms with Crippen molar-refractivity contribution in [2.45, 2.75) is 13.3 Å². The Balaban J connectivity index is 1.81. The van der Waals surface area contributed by atoms with Gasteiger partial charge in [-0.3, -0.25) is 9.10 Å². The minimum Gasteiger partial charge on any atom is -0.322 e. The Morgan fingerprint density at radius 1 is 1.19 bits per heavy atom. The Morgan fingerprint density at radius 3 is 2.58 bits per heavy atom. The molecule has 1 N–H and O–H groups in total. The number of rotatable bonds is 4. The van der Waals surface area contributed by atoms with Crippen molar-refractivity contribution in [2.75, 3.05) is 21.9 Å². The quantitative estimate of drug-likeness (QED) is 0.804. The van der Waals surface area contributed by atoms with Gasteiger partial charge in [0, 0.05) is 17.8 Å². The zero-order valence-electron chi connectivity index (χ0n) is 14.3. The predicted molar refractivity (Wildman–Crippen MR) is 106 cm³/mol. The molecule has 0 radical (unpaired) electrons. The molecule has 7 heteroatoms. The normalized spacial score (nSPS) is 16.5. The first-order valence-corrected chi connectivity index (χ1v) is 10.2. The van der Waals surface area contributed by atoms with Crippen molar-refractivity contribution in [2.24, 2.45) is 0 Å². The molecule has 5 nitrogen and oxygen atoms in total. The highest BCUT2D eigenvalue weighted by Crippen LogP contribution is 2.33. The maximum Gasteiger partial charge on any atom is 0.251 e. The Labute approximate surface area is 158 Å². The van der Waals surface area contributed by atoms with Gasteiger partial charge >= 0.3 is 0 Å². The lowest BCUT2D eigenvalue weighted by Crippen LogP contribution is -2.25. The average molecular weight is 391 g/mol. The Morgan fingerprint density at radius 2 is 1.92 bits per heavy atom. The minimum absolute atomic E-state index is 0.110. The van der Waals surface area contributed by atoms with Crippen LogP contribution in [0.15, 0.2) is 54.1 Å². The topological polar surface area (TPSA) is 66.5 Å². The molecule has 1 saturated heterocycles. The van der Waals surface area contributed by atoms with Gasteiger partial charge in [0.05, 0.1) is 16.5 Å². The van der Waals surface area contributed by atoms with Crippen molar-refractivity contribution >= 4 is 45.0 Å². The summed E-state index contributed by atoms with van der Waals surface area (Å²) >= 11 is 6.18. The Bertz CT molecular complexity index is 956. The first-order valence-electron chi connectivity index (χ1n) is 8.21. The van der Waals surface area contributed by atoms with E-state index in [4.69, 9.17) is 11.6 Å². The van der Waals surface area contributed by atoms with E-state index in [0.29, 0.717) is 34.9 Å². The second-order valence-corrected chi connectivity index (χ2v) is 8.52. The van der Waals surface area contributed by atoms with Crippen LogP contribution in [-0.4, -0.2) is 26.6 Å². The summed E-state index contributed by atoms with van der Waals surface area (Å²) in [6.45, 7) is 2.12. The van der Waals surface area contributed by atoms with Gasteiger partial charge in [0.15, 0.2) is 0 Å². The molecule has 1 heterocycles. The summed E-state index contributed by atoms with van der Waals surface area (Å²) < 4.78 is 25.6. The first kappa shape index (κ1) is 18.5. The second-order valence-electron chi connectivity index (χ2n) is 6.10. The van der Waals surface area contributed by atoms with Crippen molar-refractivity contribution < 1.29 is 13.2 Å². The molecule has 136 valence electrons. The van der Waals surface area contributed by atoms with E-state index >= 15 is 0 Å². The largest absolute Gasteiger partial charge is 0.322 e. The van der Waals surface area contributed by atoms with E-state index in [1.54, 1.807) is 31.2 Å². The molecule has 0 spiro atoms. The summed E-state index contributed by atoms with van der Waals surface area (Å²) in [4.78, 5) is 12.4. The third-order valence-corrected chi connectivity index (χ3v) is 6.29. The van der Waals surface area contributed by atoms with E-state index in [1.165, 1.54) is 4.31 Å². The summed E-state index contributed by atoms with van der Waals surface area (Å²) in [5.74, 6) is -0.148. The molecule has 0 atom stereocenters. The Kier molecular flexibility index (Phi) is 5.34. The van der Waals surface area contributed by atoms with Gasteiger partial charge in [-0.2, -0.15) is 0 Å². The molecule has 1 amide bonds. The number of carbonyl (C=O) groups is 1.